The lowest BCUT2D eigenvalue weighted by Gasteiger charge is -2.27. The number of carbonyl (C=O) groups excluding carboxylic acids is 3. The zero-order chi connectivity index (χ0) is 36.2. The van der Waals surface area contributed by atoms with Crippen molar-refractivity contribution >= 4 is 45.7 Å². The Kier molecular flexibility index (Phi) is 11.1. The molecule has 16 heteroatoms. The van der Waals surface area contributed by atoms with Gasteiger partial charge < -0.3 is 19.4 Å². The van der Waals surface area contributed by atoms with Gasteiger partial charge in [0.1, 0.15) is 24.3 Å². The smallest absolute Gasteiger partial charge is 0.309 e. The molecule has 49 heavy (non-hydrogen) atoms. The Morgan fingerprint density at radius 1 is 1.00 bits per heavy atom. The third-order valence-electron chi connectivity index (χ3n) is 7.57. The van der Waals surface area contributed by atoms with Crippen LogP contribution in [0.4, 0.5) is 23.2 Å². The Morgan fingerprint density at radius 2 is 1.63 bits per heavy atom. The van der Waals surface area contributed by atoms with Gasteiger partial charge in [-0.05, 0) is 61.5 Å². The van der Waals surface area contributed by atoms with E-state index in [1.54, 1.807) is 25.1 Å². The van der Waals surface area contributed by atoms with Crippen molar-refractivity contribution in [2.75, 3.05) is 6.61 Å². The summed E-state index contributed by atoms with van der Waals surface area (Å²) in [6, 6.07) is 8.18. The van der Waals surface area contributed by atoms with Gasteiger partial charge in [-0.15, -0.1) is 0 Å². The highest BCUT2D eigenvalue weighted by Crippen LogP contribution is 2.29. The zero-order valence-corrected chi connectivity index (χ0v) is 26.9. The first kappa shape index (κ1) is 36.5. The van der Waals surface area contributed by atoms with E-state index in [9.17, 15) is 46.9 Å². The van der Waals surface area contributed by atoms with Crippen molar-refractivity contribution < 1.29 is 46.3 Å². The molecule has 1 N–H and O–H groups in total. The van der Waals surface area contributed by atoms with Gasteiger partial charge in [0, 0.05) is 34.8 Å². The summed E-state index contributed by atoms with van der Waals surface area (Å²) in [5.41, 5.74) is -1.87. The number of nitro groups is 1. The highest BCUT2D eigenvalue weighted by Gasteiger charge is 2.33. The molecular formula is C33H28ClF4N3O8. The average molecular weight is 706 g/mol. The summed E-state index contributed by atoms with van der Waals surface area (Å²) in [5, 5.41) is 14.4. The van der Waals surface area contributed by atoms with Crippen LogP contribution in [-0.2, 0) is 24.7 Å². The van der Waals surface area contributed by atoms with Gasteiger partial charge in [0.05, 0.1) is 11.3 Å². The number of hydrogen-bond acceptors (Lipinski definition) is 8. The molecule has 4 rings (SSSR count). The quantitative estimate of drug-likeness (QED) is 0.0580. The molecule has 1 unspecified atom stereocenters. The van der Waals surface area contributed by atoms with Crippen LogP contribution >= 0.6 is 11.6 Å². The number of hydrogen-bond donors (Lipinski definition) is 1. The second-order valence-corrected chi connectivity index (χ2v) is 11.7. The number of amides is 1. The molecule has 0 bridgehead atoms. The van der Waals surface area contributed by atoms with Crippen molar-refractivity contribution in [1.82, 2.24) is 9.88 Å². The molecule has 1 amide bonds. The summed E-state index contributed by atoms with van der Waals surface area (Å²) >= 11 is 6.05. The maximum absolute atomic E-state index is 14.2. The minimum absolute atomic E-state index is 0.0197. The van der Waals surface area contributed by atoms with Gasteiger partial charge >= 0.3 is 5.97 Å². The molecule has 258 valence electrons. The van der Waals surface area contributed by atoms with E-state index in [2.05, 4.69) is 5.32 Å². The molecule has 0 fully saturated rings. The Labute approximate surface area is 280 Å². The molecule has 1 heterocycles. The van der Waals surface area contributed by atoms with E-state index in [1.165, 1.54) is 50.4 Å². The number of halogens is 5. The van der Waals surface area contributed by atoms with Crippen molar-refractivity contribution in [3.63, 3.8) is 0 Å². The third kappa shape index (κ3) is 8.23. The fourth-order valence-electron chi connectivity index (χ4n) is 4.95. The molecule has 4 aromatic rings. The number of rotatable bonds is 13. The van der Waals surface area contributed by atoms with E-state index < -0.39 is 87.9 Å². The highest BCUT2D eigenvalue weighted by molar-refractivity contribution is 6.31. The minimum atomic E-state index is -1.92. The first-order valence-electron chi connectivity index (χ1n) is 14.6. The molecular weight excluding hydrogens is 678 g/mol. The first-order valence-corrected chi connectivity index (χ1v) is 15.0. The summed E-state index contributed by atoms with van der Waals surface area (Å²) in [6.45, 7) is 3.23. The lowest BCUT2D eigenvalue weighted by Crippen LogP contribution is -2.48. The van der Waals surface area contributed by atoms with Gasteiger partial charge in [0.15, 0.2) is 23.2 Å². The standard InChI is InChI=1S/C33H28ClF4N3O8/c1-4-25(40-12-11-17-5-8-19(34)13-21(17)32(40)45)31(44)39-24(26(42)16-48-30-28(37)22(35)14-23(36)29(30)38)15-27(43)49-33(2,3)18-6-9-20(10-7-18)41(46)47/h5-14,24-25H,4,15-16H2,1-3H3,(H,39,44)/t24?,25-/m0/s1. The van der Waals surface area contributed by atoms with Crippen LogP contribution in [-0.4, -0.2) is 39.8 Å². The van der Waals surface area contributed by atoms with E-state index in [1.807, 2.05) is 0 Å². The number of fused-ring (bicyclic) bond motifs is 1. The molecule has 0 aliphatic heterocycles. The normalized spacial score (nSPS) is 12.7. The second kappa shape index (κ2) is 14.8. The van der Waals surface area contributed by atoms with Crippen LogP contribution in [0.25, 0.3) is 10.8 Å². The number of benzene rings is 3. The number of nitrogens with zero attached hydrogens (tertiary/aromatic N) is 2. The molecule has 0 aliphatic rings. The van der Waals surface area contributed by atoms with Gasteiger partial charge in [-0.3, -0.25) is 29.3 Å². The number of aromatic nitrogens is 1. The van der Waals surface area contributed by atoms with Crippen molar-refractivity contribution in [3.8, 4) is 5.75 Å². The van der Waals surface area contributed by atoms with E-state index in [4.69, 9.17) is 21.1 Å². The van der Waals surface area contributed by atoms with Gasteiger partial charge in [-0.2, -0.15) is 8.78 Å². The lowest BCUT2D eigenvalue weighted by molar-refractivity contribution is -0.384. The van der Waals surface area contributed by atoms with Crippen molar-refractivity contribution in [3.05, 3.63) is 115 Å². The van der Waals surface area contributed by atoms with Crippen LogP contribution in [0.5, 0.6) is 5.75 Å². The second-order valence-electron chi connectivity index (χ2n) is 11.3. The highest BCUT2D eigenvalue weighted by atomic mass is 35.5. The number of esters is 1. The third-order valence-corrected chi connectivity index (χ3v) is 7.80. The van der Waals surface area contributed by atoms with Crippen LogP contribution in [0, 0.1) is 33.4 Å². The van der Waals surface area contributed by atoms with Gasteiger partial charge in [0.2, 0.25) is 17.5 Å². The number of Topliss-reactive ketones (excluding diaryl/α,β-unsaturated/α-hetero) is 1. The number of nitrogens with one attached hydrogen (secondary N) is 1. The van der Waals surface area contributed by atoms with Crippen LogP contribution in [0.3, 0.4) is 0 Å². The lowest BCUT2D eigenvalue weighted by atomic mass is 9.97. The summed E-state index contributed by atoms with van der Waals surface area (Å²) in [5.74, 6) is -12.1. The summed E-state index contributed by atoms with van der Waals surface area (Å²) in [4.78, 5) is 63.7. The molecule has 1 aromatic heterocycles. The van der Waals surface area contributed by atoms with Gasteiger partial charge in [-0.25, -0.2) is 8.78 Å². The Hall–Kier alpha value is -5.31. The van der Waals surface area contributed by atoms with Crippen molar-refractivity contribution in [2.45, 2.75) is 51.3 Å². The fourth-order valence-corrected chi connectivity index (χ4v) is 5.12. The molecule has 0 radical (unpaired) electrons. The van der Waals surface area contributed by atoms with E-state index in [0.29, 0.717) is 10.9 Å². The van der Waals surface area contributed by atoms with E-state index in [-0.39, 0.29) is 28.6 Å². The van der Waals surface area contributed by atoms with E-state index >= 15 is 0 Å². The molecule has 11 nitrogen and oxygen atoms in total. The SMILES string of the molecule is CC[C@@H](C(=O)NC(CC(=O)OC(C)(C)c1ccc([N+](=O)[O-])cc1)C(=O)COc1c(F)c(F)cc(F)c1F)n1ccc2ccc(Cl)cc2c1=O. The molecule has 0 saturated heterocycles. The number of carbonyl (C=O) groups is 3. The van der Waals surface area contributed by atoms with Crippen LogP contribution in [0.1, 0.15) is 45.2 Å². The Balaban J connectivity index is 1.61. The predicted molar refractivity (Wildman–Crippen MR) is 168 cm³/mol. The molecule has 2 atom stereocenters. The van der Waals surface area contributed by atoms with Crippen molar-refractivity contribution in [2.24, 2.45) is 0 Å². The molecule has 0 aliphatic carbocycles. The monoisotopic (exact) mass is 705 g/mol. The number of nitro benzene ring substituents is 1. The van der Waals surface area contributed by atoms with Gasteiger partial charge in [-0.1, -0.05) is 24.6 Å². The summed E-state index contributed by atoms with van der Waals surface area (Å²) in [7, 11) is 0. The number of non-ortho nitro benzene ring substituents is 1. The number of ether oxygens (including phenoxy) is 2. The maximum Gasteiger partial charge on any atom is 0.309 e. The summed E-state index contributed by atoms with van der Waals surface area (Å²) in [6.07, 6.45) is 0.509. The number of ketones is 1. The average Bonchev–Trinajstić information content (AvgIpc) is 3.04. The topological polar surface area (TPSA) is 147 Å². The van der Waals surface area contributed by atoms with Gasteiger partial charge in [0.25, 0.3) is 11.2 Å². The Morgan fingerprint density at radius 3 is 2.22 bits per heavy atom. The first-order chi connectivity index (χ1) is 23.0. The van der Waals surface area contributed by atoms with Crippen LogP contribution in [0.15, 0.2) is 65.6 Å². The maximum atomic E-state index is 14.2. The molecule has 0 spiro atoms. The van der Waals surface area contributed by atoms with Crippen LogP contribution < -0.4 is 15.6 Å². The summed E-state index contributed by atoms with van der Waals surface area (Å²) < 4.78 is 67.2. The van der Waals surface area contributed by atoms with Crippen LogP contribution in [0.2, 0.25) is 5.02 Å². The Bertz CT molecular complexity index is 1980. The van der Waals surface area contributed by atoms with Crippen molar-refractivity contribution in [1.29, 1.82) is 0 Å². The predicted octanol–water partition coefficient (Wildman–Crippen LogP) is 6.07. The minimum Gasteiger partial charge on any atom is -0.479 e. The van der Waals surface area contributed by atoms with E-state index in [0.717, 1.165) is 4.57 Å². The number of pyridine rings is 1. The molecule has 0 saturated carbocycles. The largest absolute Gasteiger partial charge is 0.479 e. The zero-order valence-electron chi connectivity index (χ0n) is 26.1. The molecule has 3 aromatic carbocycles. The fraction of sp³-hybridized carbons (Fsp3) is 0.273.